The monoisotopic (exact) mass is 291 g/mol. The van der Waals surface area contributed by atoms with Crippen LogP contribution in [0.3, 0.4) is 0 Å². The standard InChI is InChI=1S/C18H15N2O2/c1-19-16(13-9-15-4-2-3-5-18(15)19)10-6-14-7-11-17(12-8-14)20(21)22/h2-13H,1H3/q+1. The zero-order valence-corrected chi connectivity index (χ0v) is 12.1. The van der Waals surface area contributed by atoms with Gasteiger partial charge in [-0.1, -0.05) is 12.1 Å². The Balaban J connectivity index is 1.92. The van der Waals surface area contributed by atoms with Gasteiger partial charge in [0.2, 0.25) is 11.2 Å². The normalized spacial score (nSPS) is 11.1. The average Bonchev–Trinajstić information content (AvgIpc) is 2.55. The van der Waals surface area contributed by atoms with Crippen LogP contribution in [0.15, 0.2) is 60.7 Å². The van der Waals surface area contributed by atoms with E-state index in [9.17, 15) is 10.1 Å². The minimum atomic E-state index is -0.392. The van der Waals surface area contributed by atoms with Gasteiger partial charge in [-0.25, -0.2) is 0 Å². The SMILES string of the molecule is C[n+]1c(C=Cc2ccc([N+](=O)[O-])cc2)ccc2ccccc21. The molecular formula is C18H15N2O2+. The highest BCUT2D eigenvalue weighted by atomic mass is 16.6. The van der Waals surface area contributed by atoms with E-state index in [4.69, 9.17) is 0 Å². The number of aryl methyl sites for hydroxylation is 1. The second-order valence-corrected chi connectivity index (χ2v) is 5.06. The quantitative estimate of drug-likeness (QED) is 0.419. The third-order valence-electron chi connectivity index (χ3n) is 3.67. The van der Waals surface area contributed by atoms with Crippen molar-refractivity contribution in [1.82, 2.24) is 0 Å². The van der Waals surface area contributed by atoms with Crippen LogP contribution in [-0.4, -0.2) is 4.92 Å². The summed E-state index contributed by atoms with van der Waals surface area (Å²) in [6, 6.07) is 18.9. The molecule has 1 aromatic heterocycles. The van der Waals surface area contributed by atoms with Gasteiger partial charge in [0.15, 0.2) is 0 Å². The number of rotatable bonds is 3. The summed E-state index contributed by atoms with van der Waals surface area (Å²) in [6.45, 7) is 0. The number of nitro groups is 1. The Morgan fingerprint density at radius 2 is 1.68 bits per heavy atom. The molecular weight excluding hydrogens is 276 g/mol. The Labute approximate surface area is 128 Å². The van der Waals surface area contributed by atoms with Gasteiger partial charge in [-0.2, -0.15) is 4.57 Å². The lowest BCUT2D eigenvalue weighted by atomic mass is 10.1. The van der Waals surface area contributed by atoms with Gasteiger partial charge in [-0.05, 0) is 35.9 Å². The first kappa shape index (κ1) is 13.9. The molecule has 2 aromatic carbocycles. The van der Waals surface area contributed by atoms with E-state index in [0.717, 1.165) is 16.8 Å². The average molecular weight is 291 g/mol. The Morgan fingerprint density at radius 1 is 0.955 bits per heavy atom. The number of benzene rings is 2. The molecule has 0 aliphatic carbocycles. The lowest BCUT2D eigenvalue weighted by Crippen LogP contribution is -2.32. The third kappa shape index (κ3) is 2.72. The van der Waals surface area contributed by atoms with Crippen LogP contribution in [0.1, 0.15) is 11.3 Å². The number of hydrogen-bond donors (Lipinski definition) is 0. The van der Waals surface area contributed by atoms with E-state index >= 15 is 0 Å². The van der Waals surface area contributed by atoms with Crippen LogP contribution >= 0.6 is 0 Å². The fourth-order valence-electron chi connectivity index (χ4n) is 2.42. The van der Waals surface area contributed by atoms with Gasteiger partial charge < -0.3 is 0 Å². The summed E-state index contributed by atoms with van der Waals surface area (Å²) in [7, 11) is 2.03. The second kappa shape index (κ2) is 5.77. The van der Waals surface area contributed by atoms with Crippen LogP contribution in [0.25, 0.3) is 23.1 Å². The summed E-state index contributed by atoms with van der Waals surface area (Å²) in [6.07, 6.45) is 3.96. The van der Waals surface area contributed by atoms with E-state index in [1.165, 1.54) is 17.5 Å². The summed E-state index contributed by atoms with van der Waals surface area (Å²) in [5, 5.41) is 11.8. The van der Waals surface area contributed by atoms with Crippen molar-refractivity contribution in [2.45, 2.75) is 0 Å². The molecule has 0 unspecified atom stereocenters. The molecule has 0 aliphatic rings. The first-order chi connectivity index (χ1) is 10.6. The van der Waals surface area contributed by atoms with Gasteiger partial charge >= 0.3 is 0 Å². The maximum absolute atomic E-state index is 10.6. The highest BCUT2D eigenvalue weighted by molar-refractivity contribution is 5.77. The predicted octanol–water partition coefficient (Wildman–Crippen LogP) is 3.74. The molecule has 0 N–H and O–H groups in total. The number of hydrogen-bond acceptors (Lipinski definition) is 2. The molecule has 0 spiro atoms. The van der Waals surface area contributed by atoms with Crippen LogP contribution < -0.4 is 4.57 Å². The zero-order valence-electron chi connectivity index (χ0n) is 12.1. The maximum atomic E-state index is 10.6. The minimum absolute atomic E-state index is 0.105. The molecule has 1 heterocycles. The molecule has 0 saturated heterocycles. The molecule has 0 saturated carbocycles. The first-order valence-electron chi connectivity index (χ1n) is 6.95. The molecule has 108 valence electrons. The van der Waals surface area contributed by atoms with Crippen molar-refractivity contribution in [3.63, 3.8) is 0 Å². The van der Waals surface area contributed by atoms with Crippen LogP contribution in [0, 0.1) is 10.1 Å². The number of para-hydroxylation sites is 1. The predicted molar refractivity (Wildman–Crippen MR) is 87.1 cm³/mol. The molecule has 0 amide bonds. The van der Waals surface area contributed by atoms with E-state index in [-0.39, 0.29) is 5.69 Å². The van der Waals surface area contributed by atoms with Crippen molar-refractivity contribution in [3.8, 4) is 0 Å². The number of aromatic nitrogens is 1. The summed E-state index contributed by atoms with van der Waals surface area (Å²) in [5.41, 5.74) is 3.26. The smallest absolute Gasteiger partial charge is 0.258 e. The van der Waals surface area contributed by atoms with Gasteiger partial charge in [0.1, 0.15) is 7.05 Å². The fourth-order valence-corrected chi connectivity index (χ4v) is 2.42. The first-order valence-corrected chi connectivity index (χ1v) is 6.95. The zero-order chi connectivity index (χ0) is 15.5. The molecule has 0 aliphatic heterocycles. The summed E-state index contributed by atoms with van der Waals surface area (Å²) < 4.78 is 2.12. The Bertz CT molecular complexity index is 868. The van der Waals surface area contributed by atoms with Crippen LogP contribution in [0.5, 0.6) is 0 Å². The van der Waals surface area contributed by atoms with E-state index < -0.39 is 4.92 Å². The highest BCUT2D eigenvalue weighted by Crippen LogP contribution is 2.15. The molecule has 4 nitrogen and oxygen atoms in total. The Hall–Kier alpha value is -3.01. The summed E-state index contributed by atoms with van der Waals surface area (Å²) in [5.74, 6) is 0. The lowest BCUT2D eigenvalue weighted by Gasteiger charge is -1.99. The third-order valence-corrected chi connectivity index (χ3v) is 3.67. The number of nitro benzene ring substituents is 1. The molecule has 4 heteroatoms. The van der Waals surface area contributed by atoms with Crippen molar-refractivity contribution in [1.29, 1.82) is 0 Å². The summed E-state index contributed by atoms with van der Waals surface area (Å²) in [4.78, 5) is 10.3. The van der Waals surface area contributed by atoms with E-state index in [1.807, 2.05) is 31.3 Å². The molecule has 0 radical (unpaired) electrons. The molecule has 3 aromatic rings. The van der Waals surface area contributed by atoms with Crippen molar-refractivity contribution in [2.24, 2.45) is 7.05 Å². The number of fused-ring (bicyclic) bond motifs is 1. The summed E-state index contributed by atoms with van der Waals surface area (Å²) >= 11 is 0. The number of non-ortho nitro benzene ring substituents is 1. The van der Waals surface area contributed by atoms with Crippen LogP contribution in [-0.2, 0) is 7.05 Å². The Morgan fingerprint density at radius 3 is 2.41 bits per heavy atom. The largest absolute Gasteiger partial charge is 0.269 e. The van der Waals surface area contributed by atoms with Crippen molar-refractivity contribution in [2.75, 3.05) is 0 Å². The van der Waals surface area contributed by atoms with Crippen LogP contribution in [0.2, 0.25) is 0 Å². The maximum Gasteiger partial charge on any atom is 0.269 e. The van der Waals surface area contributed by atoms with Crippen molar-refractivity contribution < 1.29 is 9.49 Å². The minimum Gasteiger partial charge on any atom is -0.258 e. The van der Waals surface area contributed by atoms with E-state index in [0.29, 0.717) is 0 Å². The number of nitrogens with zero attached hydrogens (tertiary/aromatic N) is 2. The lowest BCUT2D eigenvalue weighted by molar-refractivity contribution is -0.646. The van der Waals surface area contributed by atoms with Gasteiger partial charge in [0, 0.05) is 35.7 Å². The topological polar surface area (TPSA) is 47.0 Å². The highest BCUT2D eigenvalue weighted by Gasteiger charge is 2.08. The van der Waals surface area contributed by atoms with Gasteiger partial charge in [-0.3, -0.25) is 10.1 Å². The Kier molecular flexibility index (Phi) is 3.66. The van der Waals surface area contributed by atoms with Crippen molar-refractivity contribution >= 4 is 28.7 Å². The molecule has 3 rings (SSSR count). The van der Waals surface area contributed by atoms with Crippen LogP contribution in [0.4, 0.5) is 5.69 Å². The molecule has 0 bridgehead atoms. The molecule has 0 fully saturated rings. The molecule has 22 heavy (non-hydrogen) atoms. The van der Waals surface area contributed by atoms with Gasteiger partial charge in [0.25, 0.3) is 5.69 Å². The van der Waals surface area contributed by atoms with Crippen molar-refractivity contribution in [3.05, 3.63) is 82.0 Å². The molecule has 0 atom stereocenters. The second-order valence-electron chi connectivity index (χ2n) is 5.06. The van der Waals surface area contributed by atoms with E-state index in [1.54, 1.807) is 12.1 Å². The van der Waals surface area contributed by atoms with E-state index in [2.05, 4.69) is 28.8 Å². The van der Waals surface area contributed by atoms with Gasteiger partial charge in [-0.15, -0.1) is 0 Å². The number of pyridine rings is 1. The fraction of sp³-hybridized carbons (Fsp3) is 0.0556. The van der Waals surface area contributed by atoms with Gasteiger partial charge in [0.05, 0.1) is 4.92 Å².